The van der Waals surface area contributed by atoms with Gasteiger partial charge in [-0.3, -0.25) is 9.69 Å². The Balaban J connectivity index is 1.49. The molecule has 2 aromatic carbocycles. The molecule has 0 unspecified atom stereocenters. The first kappa shape index (κ1) is 16.8. The van der Waals surface area contributed by atoms with Gasteiger partial charge in [0.2, 0.25) is 0 Å². The SMILES string of the molecule is O=C(/C=C\c1cnn(-c2ccccc2)c1)c1cccc(N2CCOC2=O)c1. The molecule has 4 rings (SSSR count). The molecule has 0 saturated carbocycles. The normalized spacial score (nSPS) is 13.9. The van der Waals surface area contributed by atoms with Gasteiger partial charge in [-0.2, -0.15) is 5.10 Å². The summed E-state index contributed by atoms with van der Waals surface area (Å²) in [7, 11) is 0. The number of ketones is 1. The first-order valence-corrected chi connectivity index (χ1v) is 8.57. The summed E-state index contributed by atoms with van der Waals surface area (Å²) in [4.78, 5) is 25.7. The first-order chi connectivity index (χ1) is 13.2. The molecule has 0 radical (unpaired) electrons. The van der Waals surface area contributed by atoms with Crippen LogP contribution in [0.5, 0.6) is 0 Å². The van der Waals surface area contributed by atoms with Crippen molar-refractivity contribution in [3.8, 4) is 5.69 Å². The number of nitrogens with zero attached hydrogens (tertiary/aromatic N) is 3. The van der Waals surface area contributed by atoms with Gasteiger partial charge in [0.05, 0.1) is 18.4 Å². The van der Waals surface area contributed by atoms with Crippen LogP contribution in [0.4, 0.5) is 10.5 Å². The Morgan fingerprint density at radius 1 is 1.07 bits per heavy atom. The third-order valence-electron chi connectivity index (χ3n) is 4.25. The second kappa shape index (κ2) is 7.29. The summed E-state index contributed by atoms with van der Waals surface area (Å²) in [5.74, 6) is -0.142. The average molecular weight is 359 g/mol. The van der Waals surface area contributed by atoms with Crippen molar-refractivity contribution in [3.05, 3.63) is 84.2 Å². The Morgan fingerprint density at radius 3 is 2.67 bits per heavy atom. The first-order valence-electron chi connectivity index (χ1n) is 8.57. The second-order valence-electron chi connectivity index (χ2n) is 6.07. The van der Waals surface area contributed by atoms with Gasteiger partial charge in [-0.25, -0.2) is 9.48 Å². The number of allylic oxidation sites excluding steroid dienone is 1. The largest absolute Gasteiger partial charge is 0.447 e. The molecule has 0 N–H and O–H groups in total. The topological polar surface area (TPSA) is 64.4 Å². The summed E-state index contributed by atoms with van der Waals surface area (Å²) >= 11 is 0. The van der Waals surface area contributed by atoms with Crippen molar-refractivity contribution >= 4 is 23.6 Å². The third kappa shape index (κ3) is 3.64. The van der Waals surface area contributed by atoms with E-state index < -0.39 is 0 Å². The monoisotopic (exact) mass is 359 g/mol. The molecule has 134 valence electrons. The van der Waals surface area contributed by atoms with E-state index in [-0.39, 0.29) is 11.9 Å². The van der Waals surface area contributed by atoms with Crippen LogP contribution < -0.4 is 4.90 Å². The average Bonchev–Trinajstić information content (AvgIpc) is 3.36. The number of ether oxygens (including phenoxy) is 1. The van der Waals surface area contributed by atoms with E-state index in [1.54, 1.807) is 41.2 Å². The molecule has 0 atom stereocenters. The highest BCUT2D eigenvalue weighted by atomic mass is 16.6. The molecule has 6 heteroatoms. The van der Waals surface area contributed by atoms with Crippen molar-refractivity contribution in [2.75, 3.05) is 18.1 Å². The van der Waals surface area contributed by atoms with E-state index in [9.17, 15) is 9.59 Å². The number of anilines is 1. The van der Waals surface area contributed by atoms with Crippen LogP contribution in [0, 0.1) is 0 Å². The van der Waals surface area contributed by atoms with E-state index in [0.717, 1.165) is 11.3 Å². The second-order valence-corrected chi connectivity index (χ2v) is 6.07. The lowest BCUT2D eigenvalue weighted by Gasteiger charge is -2.13. The van der Waals surface area contributed by atoms with Crippen molar-refractivity contribution in [2.45, 2.75) is 0 Å². The Morgan fingerprint density at radius 2 is 1.89 bits per heavy atom. The molecule has 0 spiro atoms. The van der Waals surface area contributed by atoms with Gasteiger partial charge in [-0.1, -0.05) is 30.3 Å². The third-order valence-corrected chi connectivity index (χ3v) is 4.25. The number of aromatic nitrogens is 2. The van der Waals surface area contributed by atoms with Crippen molar-refractivity contribution in [1.29, 1.82) is 0 Å². The van der Waals surface area contributed by atoms with Crippen molar-refractivity contribution in [2.24, 2.45) is 0 Å². The van der Waals surface area contributed by atoms with Crippen molar-refractivity contribution in [3.63, 3.8) is 0 Å². The van der Waals surface area contributed by atoms with Gasteiger partial charge in [0.25, 0.3) is 0 Å². The van der Waals surface area contributed by atoms with Crippen LogP contribution in [0.15, 0.2) is 73.1 Å². The molecule has 27 heavy (non-hydrogen) atoms. The van der Waals surface area contributed by atoms with Crippen molar-refractivity contribution in [1.82, 2.24) is 9.78 Å². The van der Waals surface area contributed by atoms with Crippen LogP contribution in [0.1, 0.15) is 15.9 Å². The predicted octanol–water partition coefficient (Wildman–Crippen LogP) is 3.73. The van der Waals surface area contributed by atoms with Gasteiger partial charge in [-0.05, 0) is 36.4 Å². The molecule has 1 aliphatic heterocycles. The fourth-order valence-corrected chi connectivity index (χ4v) is 2.87. The molecule has 0 bridgehead atoms. The van der Waals surface area contributed by atoms with Crippen LogP contribution in [-0.4, -0.2) is 34.8 Å². The summed E-state index contributed by atoms with van der Waals surface area (Å²) in [6.45, 7) is 0.854. The predicted molar refractivity (Wildman–Crippen MR) is 102 cm³/mol. The zero-order valence-corrected chi connectivity index (χ0v) is 14.5. The van der Waals surface area contributed by atoms with Crippen molar-refractivity contribution < 1.29 is 14.3 Å². The van der Waals surface area contributed by atoms with E-state index in [1.807, 2.05) is 36.5 Å². The lowest BCUT2D eigenvalue weighted by Crippen LogP contribution is -2.23. The number of carbonyl (C=O) groups is 2. The van der Waals surface area contributed by atoms with Crippen LogP contribution in [-0.2, 0) is 4.74 Å². The van der Waals surface area contributed by atoms with E-state index in [1.165, 1.54) is 11.0 Å². The van der Waals surface area contributed by atoms with Gasteiger partial charge in [0, 0.05) is 23.0 Å². The summed E-state index contributed by atoms with van der Waals surface area (Å²) in [6.07, 6.45) is 6.41. The number of amides is 1. The van der Waals surface area contributed by atoms with Crippen LogP contribution in [0.25, 0.3) is 11.8 Å². The highest BCUT2D eigenvalue weighted by molar-refractivity contribution is 6.07. The molecule has 1 saturated heterocycles. The van der Waals surface area contributed by atoms with E-state index in [0.29, 0.717) is 24.4 Å². The van der Waals surface area contributed by atoms with Crippen LogP contribution in [0.2, 0.25) is 0 Å². The lowest BCUT2D eigenvalue weighted by molar-refractivity contribution is 0.104. The molecular formula is C21H17N3O3. The van der Waals surface area contributed by atoms with Gasteiger partial charge < -0.3 is 4.74 Å². The van der Waals surface area contributed by atoms with Gasteiger partial charge in [0.15, 0.2) is 5.78 Å². The van der Waals surface area contributed by atoms with E-state index in [2.05, 4.69) is 5.10 Å². The number of rotatable bonds is 5. The fourth-order valence-electron chi connectivity index (χ4n) is 2.87. The minimum atomic E-state index is -0.386. The lowest BCUT2D eigenvalue weighted by atomic mass is 10.1. The fraction of sp³-hybridized carbons (Fsp3) is 0.0952. The molecule has 3 aromatic rings. The maximum Gasteiger partial charge on any atom is 0.414 e. The van der Waals surface area contributed by atoms with E-state index >= 15 is 0 Å². The number of carbonyl (C=O) groups excluding carboxylic acids is 2. The van der Waals surface area contributed by atoms with E-state index in [4.69, 9.17) is 4.74 Å². The smallest absolute Gasteiger partial charge is 0.414 e. The minimum Gasteiger partial charge on any atom is -0.447 e. The number of cyclic esters (lactones) is 1. The molecule has 1 fully saturated rings. The molecule has 2 heterocycles. The highest BCUT2D eigenvalue weighted by Gasteiger charge is 2.23. The summed E-state index contributed by atoms with van der Waals surface area (Å²) in [5.41, 5.74) is 2.95. The number of hydrogen-bond acceptors (Lipinski definition) is 4. The molecule has 1 aliphatic rings. The molecule has 1 aromatic heterocycles. The zero-order valence-electron chi connectivity index (χ0n) is 14.5. The Kier molecular flexibility index (Phi) is 4.53. The van der Waals surface area contributed by atoms with Gasteiger partial charge in [-0.15, -0.1) is 0 Å². The molecule has 0 aliphatic carbocycles. The summed E-state index contributed by atoms with van der Waals surface area (Å²) in [5, 5.41) is 4.31. The molecular weight excluding hydrogens is 342 g/mol. The summed E-state index contributed by atoms with van der Waals surface area (Å²) < 4.78 is 6.70. The van der Waals surface area contributed by atoms with Gasteiger partial charge in [0.1, 0.15) is 6.61 Å². The van der Waals surface area contributed by atoms with Crippen LogP contribution in [0.3, 0.4) is 0 Å². The standard InChI is InChI=1S/C21H17N3O3/c25-20(17-5-4-8-19(13-17)23-11-12-27-21(23)26)10-9-16-14-22-24(15-16)18-6-2-1-3-7-18/h1-10,13-15H,11-12H2/b10-9-. The maximum atomic E-state index is 12.5. The molecule has 1 amide bonds. The quantitative estimate of drug-likeness (QED) is 0.514. The number of hydrogen-bond donors (Lipinski definition) is 0. The van der Waals surface area contributed by atoms with Gasteiger partial charge >= 0.3 is 6.09 Å². The maximum absolute atomic E-state index is 12.5. The summed E-state index contributed by atoms with van der Waals surface area (Å²) in [6, 6.07) is 16.7. The highest BCUT2D eigenvalue weighted by Crippen LogP contribution is 2.20. The van der Waals surface area contributed by atoms with Crippen LogP contribution >= 0.6 is 0 Å². The Labute approximate surface area is 156 Å². The number of para-hydroxylation sites is 1. The Bertz CT molecular complexity index is 1010. The number of benzene rings is 2. The molecule has 6 nitrogen and oxygen atoms in total. The Hall–Kier alpha value is -3.67. The minimum absolute atomic E-state index is 0.142. The zero-order chi connectivity index (χ0) is 18.6.